The predicted octanol–water partition coefficient (Wildman–Crippen LogP) is 4.14. The minimum atomic E-state index is 0.410. The van der Waals surface area contributed by atoms with Gasteiger partial charge in [-0.05, 0) is 46.6 Å². The Bertz CT molecular complexity index is 289. The van der Waals surface area contributed by atoms with E-state index in [-0.39, 0.29) is 0 Å². The fourth-order valence-electron chi connectivity index (χ4n) is 1.18. The molecule has 1 nitrogen and oxygen atoms in total. The van der Waals surface area contributed by atoms with E-state index < -0.39 is 0 Å². The first-order valence-electron chi connectivity index (χ1n) is 4.97. The molecule has 0 aliphatic heterocycles. The van der Waals surface area contributed by atoms with E-state index in [2.05, 4.69) is 72.9 Å². The van der Waals surface area contributed by atoms with Crippen LogP contribution < -0.4 is 5.32 Å². The van der Waals surface area contributed by atoms with Crippen LogP contribution in [-0.2, 0) is 0 Å². The second-order valence-corrected chi connectivity index (χ2v) is 5.88. The molecule has 1 N–H and O–H groups in total. The molecule has 0 bridgehead atoms. The van der Waals surface area contributed by atoms with Gasteiger partial charge in [-0.3, -0.25) is 0 Å². The fraction of sp³-hybridized carbons (Fsp3) is 0.500. The summed E-state index contributed by atoms with van der Waals surface area (Å²) in [7, 11) is 0. The van der Waals surface area contributed by atoms with Crippen molar-refractivity contribution in [3.8, 4) is 0 Å². The summed E-state index contributed by atoms with van der Waals surface area (Å²) in [4.78, 5) is 0. The Labute approximate surface area is 100 Å². The molecule has 14 heavy (non-hydrogen) atoms. The molecular formula is C12H18IN. The lowest BCUT2D eigenvalue weighted by Gasteiger charge is -2.18. The van der Waals surface area contributed by atoms with Gasteiger partial charge in [-0.2, -0.15) is 0 Å². The molecule has 0 amide bonds. The maximum atomic E-state index is 3.46. The molecule has 0 atom stereocenters. The maximum absolute atomic E-state index is 3.46. The number of anilines is 1. The molecule has 0 aliphatic rings. The van der Waals surface area contributed by atoms with Crippen molar-refractivity contribution in [3.63, 3.8) is 0 Å². The normalized spacial score (nSPS) is 11.4. The fourth-order valence-corrected chi connectivity index (χ4v) is 1.75. The predicted molar refractivity (Wildman–Crippen MR) is 71.7 cm³/mol. The summed E-state index contributed by atoms with van der Waals surface area (Å²) in [6.45, 7) is 7.85. The van der Waals surface area contributed by atoms with Gasteiger partial charge in [0.15, 0.2) is 0 Å². The Morgan fingerprint density at radius 2 is 1.86 bits per heavy atom. The third-order valence-corrected chi connectivity index (χ3v) is 3.00. The average molecular weight is 303 g/mol. The minimum Gasteiger partial charge on any atom is -0.384 e. The highest BCUT2D eigenvalue weighted by atomic mass is 127. The lowest BCUT2D eigenvalue weighted by molar-refractivity contribution is 0.390. The van der Waals surface area contributed by atoms with Gasteiger partial charge >= 0.3 is 0 Å². The average Bonchev–Trinajstić information content (AvgIpc) is 2.06. The van der Waals surface area contributed by atoms with E-state index in [1.807, 2.05) is 0 Å². The SMILES string of the molecule is CC(C)(C)CCNc1ccccc1I. The second kappa shape index (κ2) is 5.01. The number of hydrogen-bond donors (Lipinski definition) is 1. The van der Waals surface area contributed by atoms with Crippen LogP contribution in [0.5, 0.6) is 0 Å². The first-order valence-corrected chi connectivity index (χ1v) is 6.05. The summed E-state index contributed by atoms with van der Waals surface area (Å²) in [5.74, 6) is 0. The zero-order valence-electron chi connectivity index (χ0n) is 9.10. The van der Waals surface area contributed by atoms with Crippen molar-refractivity contribution < 1.29 is 0 Å². The zero-order chi connectivity index (χ0) is 10.6. The van der Waals surface area contributed by atoms with Crippen LogP contribution in [0.4, 0.5) is 5.69 Å². The molecule has 0 saturated heterocycles. The van der Waals surface area contributed by atoms with Crippen molar-refractivity contribution in [2.24, 2.45) is 5.41 Å². The highest BCUT2D eigenvalue weighted by Gasteiger charge is 2.09. The van der Waals surface area contributed by atoms with Gasteiger partial charge < -0.3 is 5.32 Å². The molecule has 0 saturated carbocycles. The van der Waals surface area contributed by atoms with Gasteiger partial charge in [-0.1, -0.05) is 32.9 Å². The summed E-state index contributed by atoms with van der Waals surface area (Å²) in [5, 5.41) is 3.46. The molecule has 0 heterocycles. The molecule has 0 fully saturated rings. The molecule has 2 heteroatoms. The summed E-state index contributed by atoms with van der Waals surface area (Å²) in [6, 6.07) is 8.39. The van der Waals surface area contributed by atoms with Gasteiger partial charge in [0.25, 0.3) is 0 Å². The second-order valence-electron chi connectivity index (χ2n) is 4.72. The van der Waals surface area contributed by atoms with E-state index >= 15 is 0 Å². The number of nitrogens with one attached hydrogen (secondary N) is 1. The Morgan fingerprint density at radius 3 is 2.43 bits per heavy atom. The maximum Gasteiger partial charge on any atom is 0.0475 e. The monoisotopic (exact) mass is 303 g/mol. The van der Waals surface area contributed by atoms with Crippen LogP contribution in [0.2, 0.25) is 0 Å². The number of para-hydroxylation sites is 1. The van der Waals surface area contributed by atoms with Crippen molar-refractivity contribution >= 4 is 28.3 Å². The molecule has 1 aromatic rings. The van der Waals surface area contributed by atoms with Gasteiger partial charge in [0.1, 0.15) is 0 Å². The first kappa shape index (κ1) is 11.8. The smallest absolute Gasteiger partial charge is 0.0475 e. The van der Waals surface area contributed by atoms with Gasteiger partial charge in [0, 0.05) is 15.8 Å². The first-order chi connectivity index (χ1) is 6.49. The molecule has 1 rings (SSSR count). The largest absolute Gasteiger partial charge is 0.384 e. The summed E-state index contributed by atoms with van der Waals surface area (Å²) < 4.78 is 1.29. The van der Waals surface area contributed by atoms with Crippen molar-refractivity contribution in [1.29, 1.82) is 0 Å². The number of rotatable bonds is 3. The summed E-state index contributed by atoms with van der Waals surface area (Å²) in [5.41, 5.74) is 1.66. The van der Waals surface area contributed by atoms with Crippen molar-refractivity contribution in [1.82, 2.24) is 0 Å². The summed E-state index contributed by atoms with van der Waals surface area (Å²) in [6.07, 6.45) is 1.19. The molecule has 0 spiro atoms. The van der Waals surface area contributed by atoms with Crippen molar-refractivity contribution in [3.05, 3.63) is 27.8 Å². The molecular weight excluding hydrogens is 285 g/mol. The number of benzene rings is 1. The third kappa shape index (κ3) is 4.31. The minimum absolute atomic E-state index is 0.410. The quantitative estimate of drug-likeness (QED) is 0.828. The van der Waals surface area contributed by atoms with E-state index in [1.165, 1.54) is 15.7 Å². The Kier molecular flexibility index (Phi) is 4.23. The molecule has 0 aromatic heterocycles. The molecule has 1 aromatic carbocycles. The van der Waals surface area contributed by atoms with Gasteiger partial charge in [-0.25, -0.2) is 0 Å². The molecule has 78 valence electrons. The molecule has 0 radical (unpaired) electrons. The number of hydrogen-bond acceptors (Lipinski definition) is 1. The summed E-state index contributed by atoms with van der Waals surface area (Å²) >= 11 is 2.36. The van der Waals surface area contributed by atoms with E-state index in [0.717, 1.165) is 6.54 Å². The van der Waals surface area contributed by atoms with E-state index in [0.29, 0.717) is 5.41 Å². The Hall–Kier alpha value is -0.250. The Morgan fingerprint density at radius 1 is 1.21 bits per heavy atom. The van der Waals surface area contributed by atoms with Crippen LogP contribution in [0.3, 0.4) is 0 Å². The molecule has 0 unspecified atom stereocenters. The van der Waals surface area contributed by atoms with Crippen LogP contribution in [0.25, 0.3) is 0 Å². The van der Waals surface area contributed by atoms with Gasteiger partial charge in [0.05, 0.1) is 0 Å². The van der Waals surface area contributed by atoms with Crippen LogP contribution in [-0.4, -0.2) is 6.54 Å². The van der Waals surface area contributed by atoms with Gasteiger partial charge in [-0.15, -0.1) is 0 Å². The van der Waals surface area contributed by atoms with E-state index in [4.69, 9.17) is 0 Å². The zero-order valence-corrected chi connectivity index (χ0v) is 11.3. The lowest BCUT2D eigenvalue weighted by Crippen LogP contribution is -2.13. The standard InChI is InChI=1S/C12H18IN/c1-12(2,3)8-9-14-11-7-5-4-6-10(11)13/h4-7,14H,8-9H2,1-3H3. The number of halogens is 1. The van der Waals surface area contributed by atoms with E-state index in [1.54, 1.807) is 0 Å². The van der Waals surface area contributed by atoms with Crippen molar-refractivity contribution in [2.75, 3.05) is 11.9 Å². The lowest BCUT2D eigenvalue weighted by atomic mass is 9.92. The Balaban J connectivity index is 2.43. The van der Waals surface area contributed by atoms with Crippen molar-refractivity contribution in [2.45, 2.75) is 27.2 Å². The van der Waals surface area contributed by atoms with Crippen LogP contribution in [0.1, 0.15) is 27.2 Å². The highest BCUT2D eigenvalue weighted by molar-refractivity contribution is 14.1. The van der Waals surface area contributed by atoms with Crippen LogP contribution >= 0.6 is 22.6 Å². The van der Waals surface area contributed by atoms with Crippen LogP contribution in [0, 0.1) is 8.99 Å². The van der Waals surface area contributed by atoms with Crippen LogP contribution in [0.15, 0.2) is 24.3 Å². The highest BCUT2D eigenvalue weighted by Crippen LogP contribution is 2.20. The van der Waals surface area contributed by atoms with E-state index in [9.17, 15) is 0 Å². The molecule has 0 aliphatic carbocycles. The van der Waals surface area contributed by atoms with Gasteiger partial charge in [0.2, 0.25) is 0 Å². The topological polar surface area (TPSA) is 12.0 Å². The third-order valence-electron chi connectivity index (χ3n) is 2.06.